The van der Waals surface area contributed by atoms with Crippen LogP contribution in [0.3, 0.4) is 0 Å². The number of likely N-dealkylation sites (N-methyl/N-ethyl adjacent to an activating group) is 1. The van der Waals surface area contributed by atoms with Crippen LogP contribution in [0, 0.1) is 5.41 Å². The van der Waals surface area contributed by atoms with Crippen molar-refractivity contribution in [3.8, 4) is 0 Å². The van der Waals surface area contributed by atoms with Gasteiger partial charge in [0.1, 0.15) is 12.1 Å². The van der Waals surface area contributed by atoms with E-state index in [0.29, 0.717) is 15.6 Å². The van der Waals surface area contributed by atoms with Crippen LogP contribution in [0.25, 0.3) is 0 Å². The Labute approximate surface area is 262 Å². The van der Waals surface area contributed by atoms with E-state index >= 15 is 0 Å². The standard InChI is InChI=1S/C31H39Cl2N5O5/c1-20(34-5)28(40)36-27(31(2,3)4)29(41)35-16-26(39)38-14-13-37(17-22-11-12-23(32)15-24(22)33)30(42)25(38)19-43-18-21-9-7-6-8-10-21/h6-15,20,25,27,34H,16-19H2,1-5H3,(H,35,41)(H,36,40)/t20-,25-,27+/m0/s1. The van der Waals surface area contributed by atoms with Crippen LogP contribution in [0.5, 0.6) is 0 Å². The van der Waals surface area contributed by atoms with Gasteiger partial charge in [0.25, 0.3) is 5.91 Å². The first-order valence-corrected chi connectivity index (χ1v) is 14.7. The quantitative estimate of drug-likeness (QED) is 0.330. The van der Waals surface area contributed by atoms with Crippen molar-refractivity contribution in [2.24, 2.45) is 5.41 Å². The van der Waals surface area contributed by atoms with Crippen molar-refractivity contribution in [3.63, 3.8) is 0 Å². The Bertz CT molecular complexity index is 1330. The molecule has 0 saturated heterocycles. The summed E-state index contributed by atoms with van der Waals surface area (Å²) >= 11 is 12.4. The highest BCUT2D eigenvalue weighted by molar-refractivity contribution is 6.35. The Morgan fingerprint density at radius 2 is 1.72 bits per heavy atom. The molecule has 3 rings (SSSR count). The lowest BCUT2D eigenvalue weighted by molar-refractivity contribution is -0.146. The lowest BCUT2D eigenvalue weighted by atomic mass is 9.86. The molecule has 0 bridgehead atoms. The van der Waals surface area contributed by atoms with Crippen molar-refractivity contribution in [2.45, 2.75) is 59.0 Å². The van der Waals surface area contributed by atoms with E-state index in [2.05, 4.69) is 16.0 Å². The van der Waals surface area contributed by atoms with Gasteiger partial charge in [-0.1, -0.05) is 80.4 Å². The van der Waals surface area contributed by atoms with Gasteiger partial charge in [0.15, 0.2) is 0 Å². The SMILES string of the molecule is CN[C@@H](C)C(=O)N[C@H](C(=O)NCC(=O)N1C=CN(Cc2ccc(Cl)cc2Cl)C(=O)[C@@H]1COCc1ccccc1)C(C)(C)C. The Balaban J connectivity index is 1.75. The first-order chi connectivity index (χ1) is 20.3. The van der Waals surface area contributed by atoms with E-state index in [1.165, 1.54) is 22.2 Å². The molecule has 4 amide bonds. The highest BCUT2D eigenvalue weighted by atomic mass is 35.5. The van der Waals surface area contributed by atoms with E-state index in [-0.39, 0.29) is 31.6 Å². The van der Waals surface area contributed by atoms with Crippen LogP contribution in [0.15, 0.2) is 60.9 Å². The van der Waals surface area contributed by atoms with Gasteiger partial charge in [0, 0.05) is 22.4 Å². The van der Waals surface area contributed by atoms with E-state index in [1.807, 2.05) is 51.1 Å². The molecule has 2 aromatic rings. The molecule has 12 heteroatoms. The third-order valence-electron chi connectivity index (χ3n) is 7.00. The fourth-order valence-electron chi connectivity index (χ4n) is 4.31. The van der Waals surface area contributed by atoms with Gasteiger partial charge in [-0.3, -0.25) is 19.2 Å². The number of carbonyl (C=O) groups is 4. The van der Waals surface area contributed by atoms with Gasteiger partial charge in [-0.15, -0.1) is 0 Å². The lowest BCUT2D eigenvalue weighted by Gasteiger charge is -2.36. The minimum absolute atomic E-state index is 0.0782. The second-order valence-corrected chi connectivity index (χ2v) is 12.2. The highest BCUT2D eigenvalue weighted by Crippen LogP contribution is 2.25. The number of amides is 4. The number of carbonyl (C=O) groups excluding carboxylic acids is 4. The maximum Gasteiger partial charge on any atom is 0.252 e. The number of ether oxygens (including phenoxy) is 1. The molecule has 1 heterocycles. The molecule has 10 nitrogen and oxygen atoms in total. The predicted molar refractivity (Wildman–Crippen MR) is 166 cm³/mol. The van der Waals surface area contributed by atoms with Crippen molar-refractivity contribution in [1.82, 2.24) is 25.8 Å². The highest BCUT2D eigenvalue weighted by Gasteiger charge is 2.37. The number of rotatable bonds is 12. The molecule has 0 unspecified atom stereocenters. The monoisotopic (exact) mass is 631 g/mol. The fourth-order valence-corrected chi connectivity index (χ4v) is 4.77. The predicted octanol–water partition coefficient (Wildman–Crippen LogP) is 3.48. The zero-order valence-corrected chi connectivity index (χ0v) is 26.5. The van der Waals surface area contributed by atoms with Crippen molar-refractivity contribution in [2.75, 3.05) is 20.2 Å². The smallest absolute Gasteiger partial charge is 0.252 e. The van der Waals surface area contributed by atoms with E-state index in [0.717, 1.165) is 5.56 Å². The van der Waals surface area contributed by atoms with E-state index in [4.69, 9.17) is 27.9 Å². The van der Waals surface area contributed by atoms with Crippen molar-refractivity contribution in [1.29, 1.82) is 0 Å². The first-order valence-electron chi connectivity index (χ1n) is 13.9. The molecule has 1 aliphatic heterocycles. The molecule has 1 aliphatic rings. The van der Waals surface area contributed by atoms with Crippen molar-refractivity contribution < 1.29 is 23.9 Å². The Morgan fingerprint density at radius 3 is 2.35 bits per heavy atom. The lowest BCUT2D eigenvalue weighted by Crippen LogP contribution is -2.58. The summed E-state index contributed by atoms with van der Waals surface area (Å²) in [6.07, 6.45) is 2.99. The zero-order valence-electron chi connectivity index (χ0n) is 25.0. The third kappa shape index (κ3) is 9.53. The van der Waals surface area contributed by atoms with Gasteiger partial charge >= 0.3 is 0 Å². The molecular weight excluding hydrogens is 593 g/mol. The van der Waals surface area contributed by atoms with E-state index in [9.17, 15) is 19.2 Å². The molecule has 2 aromatic carbocycles. The van der Waals surface area contributed by atoms with Gasteiger partial charge in [-0.2, -0.15) is 0 Å². The molecule has 0 radical (unpaired) electrons. The normalized spacial score (nSPS) is 16.5. The molecule has 0 saturated carbocycles. The average Bonchev–Trinajstić information content (AvgIpc) is 2.96. The molecule has 0 aliphatic carbocycles. The molecule has 3 atom stereocenters. The number of benzene rings is 2. The van der Waals surface area contributed by atoms with Gasteiger partial charge < -0.3 is 30.5 Å². The number of hydrogen-bond acceptors (Lipinski definition) is 6. The zero-order chi connectivity index (χ0) is 31.7. The van der Waals surface area contributed by atoms with Gasteiger partial charge in [-0.25, -0.2) is 0 Å². The Hall–Kier alpha value is -3.44. The van der Waals surface area contributed by atoms with Crippen LogP contribution in [-0.4, -0.2) is 71.8 Å². The van der Waals surface area contributed by atoms with Crippen molar-refractivity contribution in [3.05, 3.63) is 82.1 Å². The minimum atomic E-state index is -0.987. The molecule has 43 heavy (non-hydrogen) atoms. The minimum Gasteiger partial charge on any atom is -0.374 e. The fraction of sp³-hybridized carbons (Fsp3) is 0.419. The number of nitrogens with zero attached hydrogens (tertiary/aromatic N) is 2. The summed E-state index contributed by atoms with van der Waals surface area (Å²) in [6, 6.07) is 12.1. The summed E-state index contributed by atoms with van der Waals surface area (Å²) < 4.78 is 5.87. The summed E-state index contributed by atoms with van der Waals surface area (Å²) in [4.78, 5) is 55.4. The van der Waals surface area contributed by atoms with Crippen LogP contribution in [0.1, 0.15) is 38.8 Å². The van der Waals surface area contributed by atoms with E-state index < -0.39 is 41.9 Å². The second-order valence-electron chi connectivity index (χ2n) is 11.4. The van der Waals surface area contributed by atoms with Crippen LogP contribution in [-0.2, 0) is 37.1 Å². The summed E-state index contributed by atoms with van der Waals surface area (Å²) in [5, 5.41) is 9.12. The van der Waals surface area contributed by atoms with E-state index in [1.54, 1.807) is 32.2 Å². The number of hydrogen-bond donors (Lipinski definition) is 3. The summed E-state index contributed by atoms with van der Waals surface area (Å²) in [6.45, 7) is 7.07. The summed E-state index contributed by atoms with van der Waals surface area (Å²) in [5.41, 5.74) is 0.969. The number of halogens is 2. The largest absolute Gasteiger partial charge is 0.374 e. The van der Waals surface area contributed by atoms with Crippen molar-refractivity contribution >= 4 is 46.8 Å². The van der Waals surface area contributed by atoms with Crippen LogP contribution >= 0.6 is 23.2 Å². The molecule has 0 aromatic heterocycles. The Kier molecular flexibility index (Phi) is 12.1. The first kappa shape index (κ1) is 34.1. The van der Waals surface area contributed by atoms with Crippen LogP contribution in [0.2, 0.25) is 10.0 Å². The average molecular weight is 633 g/mol. The second kappa shape index (κ2) is 15.3. The topological polar surface area (TPSA) is 120 Å². The summed E-state index contributed by atoms with van der Waals surface area (Å²) in [7, 11) is 1.65. The van der Waals surface area contributed by atoms with Crippen LogP contribution < -0.4 is 16.0 Å². The summed E-state index contributed by atoms with van der Waals surface area (Å²) in [5.74, 6) is -1.74. The maximum absolute atomic E-state index is 13.6. The van der Waals surface area contributed by atoms with Gasteiger partial charge in [0.2, 0.25) is 17.7 Å². The molecular formula is C31H39Cl2N5O5. The molecule has 232 valence electrons. The van der Waals surface area contributed by atoms with Gasteiger partial charge in [0.05, 0.1) is 32.3 Å². The van der Waals surface area contributed by atoms with Crippen LogP contribution in [0.4, 0.5) is 0 Å². The Morgan fingerprint density at radius 1 is 1.02 bits per heavy atom. The molecule has 0 fully saturated rings. The molecule has 3 N–H and O–H groups in total. The maximum atomic E-state index is 13.6. The third-order valence-corrected chi connectivity index (χ3v) is 7.58. The number of nitrogens with one attached hydrogen (secondary N) is 3. The van der Waals surface area contributed by atoms with Gasteiger partial charge in [-0.05, 0) is 42.6 Å². The molecule has 0 spiro atoms.